The van der Waals surface area contributed by atoms with E-state index in [9.17, 15) is 4.79 Å². The predicted octanol–water partition coefficient (Wildman–Crippen LogP) is 2.05. The molecule has 3 fully saturated rings. The highest BCUT2D eigenvalue weighted by molar-refractivity contribution is 5.86. The average Bonchev–Trinajstić information content (AvgIpc) is 3.12. The third-order valence-electron chi connectivity index (χ3n) is 7.44. The SMILES string of the molecule is COc1ccc2cccc(-n3nc(C4CCCN(C5CC6(CNC6)C5)C4)[nH]c3=O)c2n1. The largest absolute Gasteiger partial charge is 0.481 e. The van der Waals surface area contributed by atoms with E-state index in [1.165, 1.54) is 30.6 Å². The van der Waals surface area contributed by atoms with E-state index in [0.29, 0.717) is 28.5 Å². The van der Waals surface area contributed by atoms with Gasteiger partial charge in [0.2, 0.25) is 5.88 Å². The van der Waals surface area contributed by atoms with Gasteiger partial charge in [-0.3, -0.25) is 9.88 Å². The van der Waals surface area contributed by atoms with Gasteiger partial charge in [-0.2, -0.15) is 4.68 Å². The number of piperidine rings is 1. The van der Waals surface area contributed by atoms with Crippen LogP contribution in [0.5, 0.6) is 5.88 Å². The normalized spacial score (nSPS) is 23.6. The van der Waals surface area contributed by atoms with Crippen molar-refractivity contribution in [2.24, 2.45) is 5.41 Å². The molecule has 31 heavy (non-hydrogen) atoms. The third kappa shape index (κ3) is 3.16. The van der Waals surface area contributed by atoms with Crippen molar-refractivity contribution in [3.05, 3.63) is 46.6 Å². The molecule has 6 rings (SSSR count). The molecule has 3 aromatic rings. The molecule has 2 saturated heterocycles. The van der Waals surface area contributed by atoms with E-state index in [0.717, 1.165) is 37.1 Å². The van der Waals surface area contributed by atoms with Crippen molar-refractivity contribution in [2.75, 3.05) is 33.3 Å². The molecule has 8 heteroatoms. The van der Waals surface area contributed by atoms with Gasteiger partial charge in [-0.15, -0.1) is 5.10 Å². The van der Waals surface area contributed by atoms with Gasteiger partial charge in [0.1, 0.15) is 11.3 Å². The van der Waals surface area contributed by atoms with Gasteiger partial charge >= 0.3 is 5.69 Å². The molecule has 2 aliphatic heterocycles. The molecule has 0 amide bonds. The van der Waals surface area contributed by atoms with Crippen molar-refractivity contribution in [3.8, 4) is 11.6 Å². The van der Waals surface area contributed by atoms with Crippen LogP contribution >= 0.6 is 0 Å². The first-order chi connectivity index (χ1) is 15.1. The highest BCUT2D eigenvalue weighted by Crippen LogP contribution is 2.47. The highest BCUT2D eigenvalue weighted by Gasteiger charge is 2.50. The lowest BCUT2D eigenvalue weighted by atomic mass is 9.61. The Bertz CT molecular complexity index is 1170. The predicted molar refractivity (Wildman–Crippen MR) is 118 cm³/mol. The third-order valence-corrected chi connectivity index (χ3v) is 7.44. The number of aromatic nitrogens is 4. The maximum Gasteiger partial charge on any atom is 0.348 e. The van der Waals surface area contributed by atoms with Crippen LogP contribution in [0.4, 0.5) is 0 Å². The van der Waals surface area contributed by atoms with Crippen molar-refractivity contribution in [1.82, 2.24) is 30.0 Å². The number of nitrogens with zero attached hydrogens (tertiary/aromatic N) is 4. The van der Waals surface area contributed by atoms with E-state index in [4.69, 9.17) is 9.84 Å². The number of nitrogens with one attached hydrogen (secondary N) is 2. The smallest absolute Gasteiger partial charge is 0.348 e. The minimum atomic E-state index is -0.215. The summed E-state index contributed by atoms with van der Waals surface area (Å²) >= 11 is 0. The summed E-state index contributed by atoms with van der Waals surface area (Å²) in [4.78, 5) is 23.1. The molecule has 1 unspecified atom stereocenters. The summed E-state index contributed by atoms with van der Waals surface area (Å²) in [6.45, 7) is 4.50. The summed E-state index contributed by atoms with van der Waals surface area (Å²) in [6, 6.07) is 10.3. The van der Waals surface area contributed by atoms with Gasteiger partial charge in [-0.1, -0.05) is 12.1 Å². The van der Waals surface area contributed by atoms with Crippen molar-refractivity contribution in [1.29, 1.82) is 0 Å². The van der Waals surface area contributed by atoms with Crippen LogP contribution in [0.2, 0.25) is 0 Å². The highest BCUT2D eigenvalue weighted by atomic mass is 16.5. The number of pyridine rings is 1. The number of rotatable bonds is 4. The van der Waals surface area contributed by atoms with E-state index < -0.39 is 0 Å². The summed E-state index contributed by atoms with van der Waals surface area (Å²) < 4.78 is 6.74. The Hall–Kier alpha value is -2.71. The number of para-hydroxylation sites is 1. The average molecular weight is 421 g/mol. The zero-order chi connectivity index (χ0) is 21.0. The van der Waals surface area contributed by atoms with E-state index in [1.54, 1.807) is 7.11 Å². The van der Waals surface area contributed by atoms with Crippen LogP contribution < -0.4 is 15.7 Å². The first kappa shape index (κ1) is 19.0. The van der Waals surface area contributed by atoms with Gasteiger partial charge in [0.05, 0.1) is 12.8 Å². The number of likely N-dealkylation sites (tertiary alicyclic amines) is 1. The molecule has 1 aromatic carbocycles. The van der Waals surface area contributed by atoms with Crippen LogP contribution in [0.1, 0.15) is 37.4 Å². The number of hydrogen-bond acceptors (Lipinski definition) is 6. The minimum Gasteiger partial charge on any atom is -0.481 e. The van der Waals surface area contributed by atoms with Crippen LogP contribution in [0, 0.1) is 5.41 Å². The number of benzene rings is 1. The van der Waals surface area contributed by atoms with Gasteiger partial charge in [0.15, 0.2) is 0 Å². The lowest BCUT2D eigenvalue weighted by Gasteiger charge is -2.58. The molecule has 2 N–H and O–H groups in total. The maximum absolute atomic E-state index is 12.9. The molecular formula is C23H28N6O2. The number of H-pyrrole nitrogens is 1. The van der Waals surface area contributed by atoms with Crippen molar-refractivity contribution < 1.29 is 4.74 Å². The van der Waals surface area contributed by atoms with Crippen molar-refractivity contribution >= 4 is 10.9 Å². The number of fused-ring (bicyclic) bond motifs is 1. The molecular weight excluding hydrogens is 392 g/mol. The number of methoxy groups -OCH3 is 1. The van der Waals surface area contributed by atoms with Gasteiger partial charge in [0, 0.05) is 43.0 Å². The first-order valence-electron chi connectivity index (χ1n) is 11.2. The van der Waals surface area contributed by atoms with Crippen molar-refractivity contribution in [3.63, 3.8) is 0 Å². The topological polar surface area (TPSA) is 88.1 Å². The van der Waals surface area contributed by atoms with E-state index in [1.807, 2.05) is 30.3 Å². The monoisotopic (exact) mass is 420 g/mol. The molecule has 1 atom stereocenters. The minimum absolute atomic E-state index is 0.215. The van der Waals surface area contributed by atoms with Gasteiger partial charge < -0.3 is 10.1 Å². The second-order valence-corrected chi connectivity index (χ2v) is 9.43. The van der Waals surface area contributed by atoms with E-state index in [-0.39, 0.29) is 11.6 Å². The molecule has 8 nitrogen and oxygen atoms in total. The molecule has 1 saturated carbocycles. The Kier molecular flexibility index (Phi) is 4.40. The Labute approximate surface area is 180 Å². The number of hydrogen-bond donors (Lipinski definition) is 2. The standard InChI is InChI=1S/C23H28N6O2/c1-31-19-8-7-15-4-2-6-18(20(15)25-19)29-22(30)26-21(27-29)16-5-3-9-28(12-16)17-10-23(11-17)13-24-14-23/h2,4,6-8,16-17,24H,3,5,9-14H2,1H3,(H,26,27,30). The Morgan fingerprint density at radius 1 is 1.19 bits per heavy atom. The fourth-order valence-electron chi connectivity index (χ4n) is 5.61. The molecule has 0 bridgehead atoms. The van der Waals surface area contributed by atoms with E-state index >= 15 is 0 Å². The molecule has 4 heterocycles. The fourth-order valence-corrected chi connectivity index (χ4v) is 5.61. The summed E-state index contributed by atoms with van der Waals surface area (Å²) in [5.41, 5.74) is 1.75. The Morgan fingerprint density at radius 2 is 2.06 bits per heavy atom. The molecule has 162 valence electrons. The van der Waals surface area contributed by atoms with Gasteiger partial charge in [0.25, 0.3) is 0 Å². The van der Waals surface area contributed by atoms with Crippen LogP contribution in [-0.2, 0) is 0 Å². The molecule has 1 spiro atoms. The summed E-state index contributed by atoms with van der Waals surface area (Å²) in [5, 5.41) is 9.10. The first-order valence-corrected chi connectivity index (χ1v) is 11.2. The molecule has 3 aliphatic rings. The summed E-state index contributed by atoms with van der Waals surface area (Å²) in [5.74, 6) is 1.57. The maximum atomic E-state index is 12.9. The van der Waals surface area contributed by atoms with Gasteiger partial charge in [-0.05, 0) is 49.8 Å². The lowest BCUT2D eigenvalue weighted by Crippen LogP contribution is -2.65. The zero-order valence-corrected chi connectivity index (χ0v) is 17.8. The van der Waals surface area contributed by atoms with E-state index in [2.05, 4.69) is 20.2 Å². The molecule has 1 aliphatic carbocycles. The van der Waals surface area contributed by atoms with Crippen LogP contribution in [0.25, 0.3) is 16.6 Å². The van der Waals surface area contributed by atoms with Crippen molar-refractivity contribution in [2.45, 2.75) is 37.6 Å². The quantitative estimate of drug-likeness (QED) is 0.672. The van der Waals surface area contributed by atoms with Gasteiger partial charge in [-0.25, -0.2) is 9.78 Å². The zero-order valence-electron chi connectivity index (χ0n) is 17.8. The van der Waals surface area contributed by atoms with Crippen LogP contribution in [-0.4, -0.2) is 64.0 Å². The van der Waals surface area contributed by atoms with Crippen LogP contribution in [0.3, 0.4) is 0 Å². The summed E-state index contributed by atoms with van der Waals surface area (Å²) in [7, 11) is 1.59. The number of aromatic amines is 1. The Balaban J connectivity index is 1.27. The Morgan fingerprint density at radius 3 is 2.84 bits per heavy atom. The van der Waals surface area contributed by atoms with Crippen LogP contribution in [0.15, 0.2) is 35.1 Å². The lowest BCUT2D eigenvalue weighted by molar-refractivity contribution is -0.0446. The number of ether oxygens (including phenoxy) is 1. The molecule has 2 aromatic heterocycles. The summed E-state index contributed by atoms with van der Waals surface area (Å²) in [6.07, 6.45) is 4.82. The molecule has 0 radical (unpaired) electrons. The second-order valence-electron chi connectivity index (χ2n) is 9.43. The fraction of sp³-hybridized carbons (Fsp3) is 0.522. The second kappa shape index (κ2) is 7.17.